The van der Waals surface area contributed by atoms with Crippen LogP contribution >= 0.6 is 11.8 Å². The molecule has 3 rings (SSSR count). The first-order chi connectivity index (χ1) is 11.6. The summed E-state index contributed by atoms with van der Waals surface area (Å²) in [7, 11) is 0. The smallest absolute Gasteiger partial charge is 0.230 e. The second-order valence-electron chi connectivity index (χ2n) is 5.82. The maximum absolute atomic E-state index is 13.2. The van der Waals surface area contributed by atoms with Crippen molar-refractivity contribution in [1.29, 1.82) is 0 Å². The van der Waals surface area contributed by atoms with E-state index in [4.69, 9.17) is 0 Å². The number of aromatic nitrogens is 2. The van der Waals surface area contributed by atoms with Crippen LogP contribution in [0.4, 0.5) is 8.78 Å². The average Bonchev–Trinajstić information content (AvgIpc) is 2.96. The van der Waals surface area contributed by atoms with Gasteiger partial charge in [0.05, 0.1) is 16.8 Å². The van der Waals surface area contributed by atoms with E-state index < -0.39 is 11.6 Å². The highest BCUT2D eigenvalue weighted by Gasteiger charge is 2.11. The van der Waals surface area contributed by atoms with Gasteiger partial charge in [-0.05, 0) is 32.1 Å². The van der Waals surface area contributed by atoms with E-state index >= 15 is 0 Å². The van der Waals surface area contributed by atoms with Crippen LogP contribution in [0.1, 0.15) is 32.1 Å². The van der Waals surface area contributed by atoms with Gasteiger partial charge in [-0.2, -0.15) is 0 Å². The second kappa shape index (κ2) is 7.79. The Bertz CT molecular complexity index is 734. The Balaban J connectivity index is 1.46. The quantitative estimate of drug-likeness (QED) is 0.612. The molecule has 0 aliphatic heterocycles. The van der Waals surface area contributed by atoms with Crippen molar-refractivity contribution in [3.63, 3.8) is 0 Å². The lowest BCUT2D eigenvalue weighted by molar-refractivity contribution is -0.118. The molecule has 1 heterocycles. The summed E-state index contributed by atoms with van der Waals surface area (Å²) in [6.45, 7) is 0.641. The Morgan fingerprint density at radius 1 is 1.29 bits per heavy atom. The zero-order chi connectivity index (χ0) is 16.9. The van der Waals surface area contributed by atoms with Gasteiger partial charge < -0.3 is 10.3 Å². The fourth-order valence-electron chi connectivity index (χ4n) is 2.73. The normalized spacial score (nSPS) is 14.7. The topological polar surface area (TPSA) is 57.8 Å². The molecule has 0 saturated heterocycles. The molecule has 0 radical (unpaired) electrons. The number of nitrogens with one attached hydrogen (secondary N) is 2. The molecule has 0 bridgehead atoms. The van der Waals surface area contributed by atoms with Crippen molar-refractivity contribution in [2.45, 2.75) is 37.3 Å². The van der Waals surface area contributed by atoms with Gasteiger partial charge in [0.15, 0.2) is 16.8 Å². The molecule has 0 spiro atoms. The highest BCUT2D eigenvalue weighted by atomic mass is 32.2. The summed E-state index contributed by atoms with van der Waals surface area (Å²) >= 11 is 1.21. The van der Waals surface area contributed by atoms with Gasteiger partial charge in [0.25, 0.3) is 0 Å². The summed E-state index contributed by atoms with van der Waals surface area (Å²) in [6.07, 6.45) is 7.96. The molecule has 24 heavy (non-hydrogen) atoms. The minimum absolute atomic E-state index is 0.0748. The number of rotatable bonds is 6. The summed E-state index contributed by atoms with van der Waals surface area (Å²) in [4.78, 5) is 18.9. The van der Waals surface area contributed by atoms with Crippen molar-refractivity contribution < 1.29 is 13.6 Å². The van der Waals surface area contributed by atoms with Crippen LogP contribution in [0.15, 0.2) is 28.9 Å². The molecule has 0 unspecified atom stereocenters. The number of benzene rings is 1. The highest BCUT2D eigenvalue weighted by molar-refractivity contribution is 7.99. The molecule has 2 aromatic rings. The van der Waals surface area contributed by atoms with E-state index in [1.807, 2.05) is 0 Å². The maximum Gasteiger partial charge on any atom is 0.230 e. The fourth-order valence-corrected chi connectivity index (χ4v) is 3.44. The lowest BCUT2D eigenvalue weighted by atomic mass is 9.97. The molecule has 0 fully saturated rings. The van der Waals surface area contributed by atoms with Crippen LogP contribution in [0.2, 0.25) is 0 Å². The van der Waals surface area contributed by atoms with Crippen molar-refractivity contribution in [1.82, 2.24) is 15.3 Å². The van der Waals surface area contributed by atoms with Crippen LogP contribution in [0.25, 0.3) is 11.0 Å². The first-order valence-electron chi connectivity index (χ1n) is 8.04. The first kappa shape index (κ1) is 17.0. The summed E-state index contributed by atoms with van der Waals surface area (Å²) < 4.78 is 26.3. The summed E-state index contributed by atoms with van der Waals surface area (Å²) in [5, 5.41) is 3.36. The number of hydrogen-bond acceptors (Lipinski definition) is 3. The zero-order valence-corrected chi connectivity index (χ0v) is 14.0. The van der Waals surface area contributed by atoms with Crippen molar-refractivity contribution in [3.8, 4) is 0 Å². The molecule has 0 saturated carbocycles. The third kappa shape index (κ3) is 4.35. The molecule has 0 atom stereocenters. The molecule has 4 nitrogen and oxygen atoms in total. The second-order valence-corrected chi connectivity index (χ2v) is 6.79. The van der Waals surface area contributed by atoms with Crippen LogP contribution in [-0.4, -0.2) is 28.2 Å². The number of thioether (sulfide) groups is 1. The number of hydrogen-bond donors (Lipinski definition) is 2. The number of H-pyrrole nitrogens is 1. The number of carbonyl (C=O) groups excluding carboxylic acids is 1. The van der Waals surface area contributed by atoms with Crippen LogP contribution in [0.3, 0.4) is 0 Å². The van der Waals surface area contributed by atoms with E-state index in [1.54, 1.807) is 0 Å². The van der Waals surface area contributed by atoms with Gasteiger partial charge in [0.2, 0.25) is 5.91 Å². The molecule has 1 aliphatic rings. The molecule has 1 aromatic heterocycles. The third-order valence-electron chi connectivity index (χ3n) is 4.00. The highest BCUT2D eigenvalue weighted by Crippen LogP contribution is 2.22. The number of halogens is 2. The Morgan fingerprint density at radius 2 is 2.12 bits per heavy atom. The molecule has 2 N–H and O–H groups in total. The molecule has 1 aliphatic carbocycles. The Kier molecular flexibility index (Phi) is 5.50. The number of nitrogens with zero attached hydrogens (tertiary/aromatic N) is 1. The standard InChI is InChI=1S/C17H19F2N3OS/c18-12-8-14-15(9-13(12)19)22-17(21-14)24-10-16(23)20-7-6-11-4-2-1-3-5-11/h4,8-9H,1-3,5-7,10H2,(H,20,23)(H,21,22). The Labute approximate surface area is 143 Å². The number of carbonyl (C=O) groups is 1. The van der Waals surface area contributed by atoms with E-state index in [0.29, 0.717) is 22.7 Å². The Morgan fingerprint density at radius 3 is 2.92 bits per heavy atom. The van der Waals surface area contributed by atoms with Gasteiger partial charge >= 0.3 is 0 Å². The molecular weight excluding hydrogens is 332 g/mol. The van der Waals surface area contributed by atoms with Gasteiger partial charge in [0, 0.05) is 18.7 Å². The Hall–Kier alpha value is -1.89. The third-order valence-corrected chi connectivity index (χ3v) is 4.87. The van der Waals surface area contributed by atoms with E-state index in [2.05, 4.69) is 21.4 Å². The van der Waals surface area contributed by atoms with Gasteiger partial charge in [-0.15, -0.1) is 0 Å². The van der Waals surface area contributed by atoms with Gasteiger partial charge in [-0.3, -0.25) is 4.79 Å². The average molecular weight is 351 g/mol. The summed E-state index contributed by atoms with van der Waals surface area (Å²) in [5.41, 5.74) is 2.19. The van der Waals surface area contributed by atoms with E-state index in [-0.39, 0.29) is 11.7 Å². The largest absolute Gasteiger partial charge is 0.355 e. The number of allylic oxidation sites excluding steroid dienone is 1. The predicted octanol–water partition coefficient (Wildman–Crippen LogP) is 3.94. The lowest BCUT2D eigenvalue weighted by Gasteiger charge is -2.12. The van der Waals surface area contributed by atoms with Gasteiger partial charge in [-0.25, -0.2) is 13.8 Å². The molecule has 1 aromatic carbocycles. The van der Waals surface area contributed by atoms with Crippen molar-refractivity contribution >= 4 is 28.7 Å². The zero-order valence-electron chi connectivity index (χ0n) is 13.2. The molecular formula is C17H19F2N3OS. The van der Waals surface area contributed by atoms with Crippen LogP contribution < -0.4 is 5.32 Å². The van der Waals surface area contributed by atoms with Crippen LogP contribution in [0, 0.1) is 11.6 Å². The van der Waals surface area contributed by atoms with Gasteiger partial charge in [-0.1, -0.05) is 23.4 Å². The predicted molar refractivity (Wildman–Crippen MR) is 90.9 cm³/mol. The van der Waals surface area contributed by atoms with Crippen LogP contribution in [-0.2, 0) is 4.79 Å². The summed E-state index contributed by atoms with van der Waals surface area (Å²) in [5.74, 6) is -1.71. The number of imidazole rings is 1. The molecule has 1 amide bonds. The fraction of sp³-hybridized carbons (Fsp3) is 0.412. The van der Waals surface area contributed by atoms with E-state index in [0.717, 1.165) is 31.4 Å². The minimum Gasteiger partial charge on any atom is -0.355 e. The van der Waals surface area contributed by atoms with Crippen molar-refractivity contribution in [3.05, 3.63) is 35.4 Å². The SMILES string of the molecule is O=C(CSc1nc2cc(F)c(F)cc2[nH]1)NCCC1=CCCCC1. The lowest BCUT2D eigenvalue weighted by Crippen LogP contribution is -2.26. The number of amides is 1. The number of fused-ring (bicyclic) bond motifs is 1. The first-order valence-corrected chi connectivity index (χ1v) is 9.02. The molecule has 128 valence electrons. The van der Waals surface area contributed by atoms with Crippen molar-refractivity contribution in [2.75, 3.05) is 12.3 Å². The summed E-state index contributed by atoms with van der Waals surface area (Å²) in [6, 6.07) is 2.11. The van der Waals surface area contributed by atoms with Gasteiger partial charge in [0.1, 0.15) is 0 Å². The maximum atomic E-state index is 13.2. The van der Waals surface area contributed by atoms with Crippen molar-refractivity contribution in [2.24, 2.45) is 0 Å². The van der Waals surface area contributed by atoms with Crippen LogP contribution in [0.5, 0.6) is 0 Å². The molecule has 7 heteroatoms. The monoisotopic (exact) mass is 351 g/mol. The minimum atomic E-state index is -0.930. The van der Waals surface area contributed by atoms with E-state index in [1.165, 1.54) is 30.2 Å². The van der Waals surface area contributed by atoms with E-state index in [9.17, 15) is 13.6 Å². The number of aromatic amines is 1.